The third-order valence-corrected chi connectivity index (χ3v) is 3.18. The second kappa shape index (κ2) is 4.58. The highest BCUT2D eigenvalue weighted by Crippen LogP contribution is 2.30. The molecule has 0 fully saturated rings. The molecule has 1 amide bonds. The van der Waals surface area contributed by atoms with Crippen molar-refractivity contribution in [1.82, 2.24) is 0 Å². The Labute approximate surface area is 102 Å². The number of anilines is 1. The van der Waals surface area contributed by atoms with Gasteiger partial charge < -0.3 is 4.90 Å². The number of rotatable bonds is 1. The summed E-state index contributed by atoms with van der Waals surface area (Å²) in [6.45, 7) is 4.50. The molecular formula is C14H16N2O. The summed E-state index contributed by atoms with van der Waals surface area (Å²) < 4.78 is 0. The van der Waals surface area contributed by atoms with Crippen LogP contribution in [0, 0.1) is 23.2 Å². The fourth-order valence-corrected chi connectivity index (χ4v) is 2.29. The Kier molecular flexibility index (Phi) is 3.14. The minimum absolute atomic E-state index is 0.0912. The van der Waals surface area contributed by atoms with E-state index in [-0.39, 0.29) is 5.91 Å². The molecule has 0 spiro atoms. The van der Waals surface area contributed by atoms with Gasteiger partial charge in [-0.1, -0.05) is 25.1 Å². The van der Waals surface area contributed by atoms with Gasteiger partial charge in [0.15, 0.2) is 0 Å². The van der Waals surface area contributed by atoms with Gasteiger partial charge in [-0.05, 0) is 30.9 Å². The van der Waals surface area contributed by atoms with Gasteiger partial charge in [0, 0.05) is 12.2 Å². The van der Waals surface area contributed by atoms with E-state index in [0.717, 1.165) is 12.1 Å². The predicted octanol–water partition coefficient (Wildman–Crippen LogP) is 2.37. The summed E-state index contributed by atoms with van der Waals surface area (Å²) in [5.41, 5.74) is 2.17. The molecule has 0 saturated carbocycles. The maximum absolute atomic E-state index is 12.1. The number of fused-ring (bicyclic) bond motifs is 1. The molecule has 1 aliphatic rings. The Bertz CT molecular complexity index is 475. The Balaban J connectivity index is 2.37. The molecule has 0 bridgehead atoms. The summed E-state index contributed by atoms with van der Waals surface area (Å²) in [7, 11) is 0. The monoisotopic (exact) mass is 228 g/mol. The van der Waals surface area contributed by atoms with E-state index in [1.54, 1.807) is 11.8 Å². The van der Waals surface area contributed by atoms with Gasteiger partial charge in [-0.25, -0.2) is 0 Å². The van der Waals surface area contributed by atoms with E-state index >= 15 is 0 Å². The van der Waals surface area contributed by atoms with Crippen molar-refractivity contribution in [2.75, 3.05) is 11.4 Å². The molecule has 0 aromatic heterocycles. The zero-order valence-electron chi connectivity index (χ0n) is 10.2. The highest BCUT2D eigenvalue weighted by atomic mass is 16.2. The zero-order valence-corrected chi connectivity index (χ0v) is 10.2. The van der Waals surface area contributed by atoms with Crippen molar-refractivity contribution in [3.05, 3.63) is 29.8 Å². The van der Waals surface area contributed by atoms with E-state index in [4.69, 9.17) is 5.26 Å². The standard InChI is InChI=1S/C14H16N2O/c1-10-7-12-5-3-4-6-13(12)16(9-10)14(17)11(2)8-15/h3-6,10-11H,7,9H2,1-2H3. The molecule has 3 heteroatoms. The molecule has 1 aliphatic heterocycles. The van der Waals surface area contributed by atoms with Crippen molar-refractivity contribution in [1.29, 1.82) is 5.26 Å². The van der Waals surface area contributed by atoms with Crippen LogP contribution >= 0.6 is 0 Å². The molecular weight excluding hydrogens is 212 g/mol. The lowest BCUT2D eigenvalue weighted by Crippen LogP contribution is -2.41. The molecule has 2 atom stereocenters. The molecule has 2 unspecified atom stereocenters. The second-order valence-electron chi connectivity index (χ2n) is 4.74. The number of amides is 1. The number of nitriles is 1. The number of benzene rings is 1. The summed E-state index contributed by atoms with van der Waals surface area (Å²) in [4.78, 5) is 13.9. The van der Waals surface area contributed by atoms with Crippen LogP contribution < -0.4 is 4.90 Å². The minimum atomic E-state index is -0.576. The molecule has 17 heavy (non-hydrogen) atoms. The molecule has 1 heterocycles. The van der Waals surface area contributed by atoms with Crippen molar-refractivity contribution in [3.63, 3.8) is 0 Å². The van der Waals surface area contributed by atoms with Crippen LogP contribution in [0.15, 0.2) is 24.3 Å². The maximum Gasteiger partial charge on any atom is 0.244 e. The van der Waals surface area contributed by atoms with Gasteiger partial charge in [-0.3, -0.25) is 4.79 Å². The fraction of sp³-hybridized carbons (Fsp3) is 0.429. The first-order chi connectivity index (χ1) is 8.13. The number of carbonyl (C=O) groups is 1. The molecule has 0 saturated heterocycles. The Morgan fingerprint density at radius 3 is 2.94 bits per heavy atom. The lowest BCUT2D eigenvalue weighted by atomic mass is 9.93. The van der Waals surface area contributed by atoms with E-state index in [2.05, 4.69) is 13.0 Å². The van der Waals surface area contributed by atoms with Crippen LogP contribution in [0.3, 0.4) is 0 Å². The lowest BCUT2D eigenvalue weighted by molar-refractivity contribution is -0.120. The Hall–Kier alpha value is -1.82. The molecule has 88 valence electrons. The first-order valence-corrected chi connectivity index (χ1v) is 5.92. The predicted molar refractivity (Wildman–Crippen MR) is 66.4 cm³/mol. The number of hydrogen-bond donors (Lipinski definition) is 0. The van der Waals surface area contributed by atoms with Crippen LogP contribution in [0.1, 0.15) is 19.4 Å². The van der Waals surface area contributed by atoms with Gasteiger partial charge >= 0.3 is 0 Å². The van der Waals surface area contributed by atoms with Crippen LogP contribution in [0.2, 0.25) is 0 Å². The van der Waals surface area contributed by atoms with Crippen molar-refractivity contribution in [2.45, 2.75) is 20.3 Å². The smallest absolute Gasteiger partial charge is 0.244 e. The summed E-state index contributed by atoms with van der Waals surface area (Å²) in [6, 6.07) is 9.97. The summed E-state index contributed by atoms with van der Waals surface area (Å²) in [6.07, 6.45) is 1.00. The maximum atomic E-state index is 12.1. The Morgan fingerprint density at radius 2 is 2.24 bits per heavy atom. The highest BCUT2D eigenvalue weighted by Gasteiger charge is 2.28. The molecule has 3 nitrogen and oxygen atoms in total. The first kappa shape index (κ1) is 11.7. The van der Waals surface area contributed by atoms with Gasteiger partial charge in [0.1, 0.15) is 5.92 Å². The summed E-state index contributed by atoms with van der Waals surface area (Å²) in [5.74, 6) is -0.223. The molecule has 1 aromatic carbocycles. The third kappa shape index (κ3) is 2.16. The van der Waals surface area contributed by atoms with Crippen molar-refractivity contribution in [3.8, 4) is 6.07 Å². The van der Waals surface area contributed by atoms with Gasteiger partial charge in [0.05, 0.1) is 6.07 Å². The van der Waals surface area contributed by atoms with Gasteiger partial charge in [-0.2, -0.15) is 5.26 Å². The van der Waals surface area contributed by atoms with Crippen molar-refractivity contribution in [2.24, 2.45) is 11.8 Å². The van der Waals surface area contributed by atoms with Crippen LogP contribution in [0.5, 0.6) is 0 Å². The largest absolute Gasteiger partial charge is 0.311 e. The zero-order chi connectivity index (χ0) is 12.4. The van der Waals surface area contributed by atoms with Crippen molar-refractivity contribution < 1.29 is 4.79 Å². The summed E-state index contributed by atoms with van der Waals surface area (Å²) in [5, 5.41) is 8.85. The van der Waals surface area contributed by atoms with Crippen molar-refractivity contribution >= 4 is 11.6 Å². The molecule has 1 aromatic rings. The molecule has 0 radical (unpaired) electrons. The van der Waals surface area contributed by atoms with E-state index in [1.165, 1.54) is 5.56 Å². The van der Waals surface area contributed by atoms with E-state index < -0.39 is 5.92 Å². The number of nitrogens with zero attached hydrogens (tertiary/aromatic N) is 2. The summed E-state index contributed by atoms with van der Waals surface area (Å²) >= 11 is 0. The average molecular weight is 228 g/mol. The van der Waals surface area contributed by atoms with E-state index in [1.807, 2.05) is 24.3 Å². The minimum Gasteiger partial charge on any atom is -0.311 e. The SMILES string of the molecule is CC1Cc2ccccc2N(C(=O)C(C)C#N)C1. The number of para-hydroxylation sites is 1. The van der Waals surface area contributed by atoms with Crippen LogP contribution in [0.4, 0.5) is 5.69 Å². The van der Waals surface area contributed by atoms with Crippen LogP contribution in [0.25, 0.3) is 0 Å². The quantitative estimate of drug-likeness (QED) is 0.740. The van der Waals surface area contributed by atoms with Crippen LogP contribution in [-0.2, 0) is 11.2 Å². The highest BCUT2D eigenvalue weighted by molar-refractivity contribution is 5.97. The van der Waals surface area contributed by atoms with E-state index in [0.29, 0.717) is 12.5 Å². The van der Waals surface area contributed by atoms with Gasteiger partial charge in [0.25, 0.3) is 0 Å². The third-order valence-electron chi connectivity index (χ3n) is 3.18. The normalized spacial score (nSPS) is 20.3. The number of carbonyl (C=O) groups excluding carboxylic acids is 1. The van der Waals surface area contributed by atoms with E-state index in [9.17, 15) is 4.79 Å². The second-order valence-corrected chi connectivity index (χ2v) is 4.74. The van der Waals surface area contributed by atoms with Crippen LogP contribution in [-0.4, -0.2) is 12.5 Å². The van der Waals surface area contributed by atoms with Gasteiger partial charge in [-0.15, -0.1) is 0 Å². The Morgan fingerprint density at radius 1 is 1.53 bits per heavy atom. The molecule has 0 aliphatic carbocycles. The number of hydrogen-bond acceptors (Lipinski definition) is 2. The first-order valence-electron chi connectivity index (χ1n) is 5.92. The average Bonchev–Trinajstić information content (AvgIpc) is 2.35. The lowest BCUT2D eigenvalue weighted by Gasteiger charge is -2.33. The topological polar surface area (TPSA) is 44.1 Å². The molecule has 2 rings (SSSR count). The molecule has 0 N–H and O–H groups in total. The fourth-order valence-electron chi connectivity index (χ4n) is 2.29. The van der Waals surface area contributed by atoms with Gasteiger partial charge in [0.2, 0.25) is 5.91 Å².